The van der Waals surface area contributed by atoms with Gasteiger partial charge in [-0.25, -0.2) is 14.4 Å². The molecule has 0 atom stereocenters. The van der Waals surface area contributed by atoms with Crippen LogP contribution >= 0.6 is 27.3 Å². The summed E-state index contributed by atoms with van der Waals surface area (Å²) in [7, 11) is 1.84. The monoisotopic (exact) mass is 612 g/mol. The van der Waals surface area contributed by atoms with E-state index in [4.69, 9.17) is 10.1 Å². The van der Waals surface area contributed by atoms with E-state index in [1.807, 2.05) is 105 Å². The minimum Gasteiger partial charge on any atom is -0.307 e. The molecule has 6 rings (SSSR count). The first-order valence-corrected chi connectivity index (χ1v) is 14.4. The third-order valence-electron chi connectivity index (χ3n) is 6.98. The summed E-state index contributed by atoms with van der Waals surface area (Å²) in [5.41, 5.74) is 5.11. The Hall–Kier alpha value is -4.28. The summed E-state index contributed by atoms with van der Waals surface area (Å²) < 4.78 is 5.95. The van der Waals surface area contributed by atoms with Crippen LogP contribution in [-0.2, 0) is 11.8 Å². The molecule has 0 N–H and O–H groups in total. The fourth-order valence-corrected chi connectivity index (χ4v) is 6.19. The molecule has 1 aliphatic rings. The highest BCUT2D eigenvalue weighted by Crippen LogP contribution is 2.31. The number of hydrogen-bond donors (Lipinski definition) is 0. The van der Waals surface area contributed by atoms with E-state index in [0.29, 0.717) is 28.4 Å². The number of carbonyl (C=O) groups excluding carboxylic acids is 1. The third-order valence-corrected chi connectivity index (χ3v) is 8.49. The lowest BCUT2D eigenvalue weighted by Gasteiger charge is -2.13. The minimum atomic E-state index is -0.235. The largest absolute Gasteiger partial charge is 0.307 e. The average Bonchev–Trinajstić information content (AvgIpc) is 3.56. The molecule has 0 saturated heterocycles. The van der Waals surface area contributed by atoms with Crippen molar-refractivity contribution < 1.29 is 4.79 Å². The Kier molecular flexibility index (Phi) is 6.73. The summed E-state index contributed by atoms with van der Waals surface area (Å²) >= 11 is 5.02. The van der Waals surface area contributed by atoms with Crippen LogP contribution in [0.2, 0.25) is 0 Å². The van der Waals surface area contributed by atoms with Crippen LogP contribution in [0, 0.1) is 6.92 Å². The molecule has 10 heteroatoms. The quantitative estimate of drug-likeness (QED) is 0.258. The van der Waals surface area contributed by atoms with Crippen molar-refractivity contribution in [3.05, 3.63) is 115 Å². The first-order chi connectivity index (χ1) is 19.4. The molecular formula is C30H25BrN6O2S. The third kappa shape index (κ3) is 4.20. The molecular weight excluding hydrogens is 588 g/mol. The number of benzene rings is 3. The van der Waals surface area contributed by atoms with E-state index >= 15 is 0 Å². The number of thiazole rings is 1. The van der Waals surface area contributed by atoms with E-state index < -0.39 is 0 Å². The van der Waals surface area contributed by atoms with Gasteiger partial charge in [0.05, 0.1) is 22.8 Å². The summed E-state index contributed by atoms with van der Waals surface area (Å²) in [6.45, 7) is 4.34. The molecule has 0 saturated carbocycles. The van der Waals surface area contributed by atoms with Gasteiger partial charge in [-0.15, -0.1) is 11.3 Å². The fraction of sp³-hybridized carbons (Fsp3) is 0.133. The normalized spacial score (nSPS) is 14.4. The molecule has 1 amide bonds. The lowest BCUT2D eigenvalue weighted by Crippen LogP contribution is -2.30. The second-order valence-corrected chi connectivity index (χ2v) is 10.9. The Balaban J connectivity index is 1.62. The summed E-state index contributed by atoms with van der Waals surface area (Å²) in [5.74, 6) is -0.172. The molecule has 40 heavy (non-hydrogen) atoms. The molecule has 0 spiro atoms. The van der Waals surface area contributed by atoms with Gasteiger partial charge in [0.1, 0.15) is 0 Å². The second kappa shape index (κ2) is 10.4. The molecule has 0 aliphatic carbocycles. The first kappa shape index (κ1) is 26.0. The number of aromatic nitrogens is 3. The lowest BCUT2D eigenvalue weighted by atomic mass is 10.1. The van der Waals surface area contributed by atoms with Gasteiger partial charge in [-0.2, -0.15) is 5.10 Å². The van der Waals surface area contributed by atoms with E-state index in [2.05, 4.69) is 15.9 Å². The highest BCUT2D eigenvalue weighted by Gasteiger charge is 2.33. The number of hydrogen-bond acceptors (Lipinski definition) is 5. The number of fused-ring (bicyclic) bond motifs is 1. The number of halogens is 1. The maximum Gasteiger partial charge on any atom is 0.297 e. The SMILES string of the molecule is CCN1C(=O)C(=Nn2c(-c3ccccc3Br)csc2=Nc2c(C)n(C)n(-c3ccccc3)c2=O)c2ccccc21. The summed E-state index contributed by atoms with van der Waals surface area (Å²) in [6, 6.07) is 24.9. The molecule has 5 aromatic rings. The number of likely N-dealkylation sites (N-methyl/N-ethyl adjacent to an activating group) is 1. The molecule has 2 aromatic heterocycles. The highest BCUT2D eigenvalue weighted by atomic mass is 79.9. The van der Waals surface area contributed by atoms with E-state index in [-0.39, 0.29) is 11.5 Å². The summed E-state index contributed by atoms with van der Waals surface area (Å²) in [5, 5.41) is 6.87. The highest BCUT2D eigenvalue weighted by molar-refractivity contribution is 9.10. The van der Waals surface area contributed by atoms with E-state index in [9.17, 15) is 9.59 Å². The van der Waals surface area contributed by atoms with Crippen LogP contribution in [0.15, 0.2) is 104 Å². The maximum atomic E-state index is 13.6. The van der Waals surface area contributed by atoms with Crippen LogP contribution in [0.25, 0.3) is 16.9 Å². The molecule has 1 aliphatic heterocycles. The molecule has 3 aromatic carbocycles. The van der Waals surface area contributed by atoms with Crippen molar-refractivity contribution in [1.82, 2.24) is 14.0 Å². The van der Waals surface area contributed by atoms with Gasteiger partial charge in [0.15, 0.2) is 11.4 Å². The van der Waals surface area contributed by atoms with Crippen LogP contribution in [0.4, 0.5) is 11.4 Å². The van der Waals surface area contributed by atoms with Crippen molar-refractivity contribution in [2.24, 2.45) is 17.1 Å². The zero-order valence-electron chi connectivity index (χ0n) is 22.1. The van der Waals surface area contributed by atoms with Crippen molar-refractivity contribution in [1.29, 1.82) is 0 Å². The maximum absolute atomic E-state index is 13.6. The van der Waals surface area contributed by atoms with Gasteiger partial charge in [0.2, 0.25) is 4.80 Å². The first-order valence-electron chi connectivity index (χ1n) is 12.7. The molecule has 0 unspecified atom stereocenters. The minimum absolute atomic E-state index is 0.172. The zero-order chi connectivity index (χ0) is 28.0. The molecule has 3 heterocycles. The van der Waals surface area contributed by atoms with Gasteiger partial charge in [-0.05, 0) is 38.1 Å². The molecule has 0 bridgehead atoms. The molecule has 8 nitrogen and oxygen atoms in total. The van der Waals surface area contributed by atoms with Crippen molar-refractivity contribution in [3.8, 4) is 16.9 Å². The molecule has 0 fully saturated rings. The van der Waals surface area contributed by atoms with Crippen molar-refractivity contribution in [2.45, 2.75) is 13.8 Å². The second-order valence-electron chi connectivity index (χ2n) is 9.23. The predicted molar refractivity (Wildman–Crippen MR) is 163 cm³/mol. The van der Waals surface area contributed by atoms with Gasteiger partial charge in [-0.1, -0.05) is 70.5 Å². The van der Waals surface area contributed by atoms with Gasteiger partial charge in [0.25, 0.3) is 11.5 Å². The Morgan fingerprint density at radius 3 is 2.30 bits per heavy atom. The number of rotatable bonds is 5. The number of nitrogens with zero attached hydrogens (tertiary/aromatic N) is 6. The summed E-state index contributed by atoms with van der Waals surface area (Å²) in [4.78, 5) is 34.2. The Bertz CT molecular complexity index is 1930. The number of anilines is 1. The standard InChI is InChI=1S/C30H25BrN6O2S/c1-4-35-24-17-11-9-15-22(24)27(28(35)38)33-36-25(21-14-8-10-16-23(21)31)18-40-30(36)32-26-19(2)34(3)37(29(26)39)20-12-6-5-7-13-20/h5-18H,4H2,1-3H3. The van der Waals surface area contributed by atoms with E-state index in [1.165, 1.54) is 11.3 Å². The lowest BCUT2D eigenvalue weighted by molar-refractivity contribution is -0.112. The van der Waals surface area contributed by atoms with Crippen LogP contribution in [0.3, 0.4) is 0 Å². The smallest absolute Gasteiger partial charge is 0.297 e. The Labute approximate surface area is 242 Å². The van der Waals surface area contributed by atoms with Gasteiger partial charge in [0, 0.05) is 34.6 Å². The number of para-hydroxylation sites is 2. The number of amides is 1. The van der Waals surface area contributed by atoms with E-state index in [0.717, 1.165) is 32.7 Å². The van der Waals surface area contributed by atoms with Crippen molar-refractivity contribution in [2.75, 3.05) is 11.4 Å². The van der Waals surface area contributed by atoms with Crippen LogP contribution in [0.5, 0.6) is 0 Å². The summed E-state index contributed by atoms with van der Waals surface area (Å²) in [6.07, 6.45) is 0. The molecule has 0 radical (unpaired) electrons. The number of carbonyl (C=O) groups is 1. The van der Waals surface area contributed by atoms with Crippen LogP contribution < -0.4 is 15.3 Å². The predicted octanol–water partition coefficient (Wildman–Crippen LogP) is 5.63. The van der Waals surface area contributed by atoms with Crippen molar-refractivity contribution >= 4 is 50.3 Å². The van der Waals surface area contributed by atoms with Gasteiger partial charge >= 0.3 is 0 Å². The average molecular weight is 614 g/mol. The fourth-order valence-electron chi connectivity index (χ4n) is 4.88. The Morgan fingerprint density at radius 1 is 0.900 bits per heavy atom. The van der Waals surface area contributed by atoms with Gasteiger partial charge in [-0.3, -0.25) is 14.3 Å². The zero-order valence-corrected chi connectivity index (χ0v) is 24.5. The van der Waals surface area contributed by atoms with Crippen LogP contribution in [-0.4, -0.2) is 32.2 Å². The van der Waals surface area contributed by atoms with E-state index in [1.54, 1.807) is 18.9 Å². The molecule has 200 valence electrons. The van der Waals surface area contributed by atoms with Crippen LogP contribution in [0.1, 0.15) is 18.2 Å². The Morgan fingerprint density at radius 2 is 1.57 bits per heavy atom. The topological polar surface area (TPSA) is 76.9 Å². The van der Waals surface area contributed by atoms with Gasteiger partial charge < -0.3 is 4.90 Å². The van der Waals surface area contributed by atoms with Crippen molar-refractivity contribution in [3.63, 3.8) is 0 Å².